The molecule has 0 radical (unpaired) electrons. The Morgan fingerprint density at radius 2 is 1.58 bits per heavy atom. The maximum atomic E-state index is 12.2. The van der Waals surface area contributed by atoms with Gasteiger partial charge in [-0.1, -0.05) is 36.4 Å². The Hall–Kier alpha value is -3.34. The fraction of sp³-hybridized carbons (Fsp3) is 0.143. The van der Waals surface area contributed by atoms with E-state index in [0.29, 0.717) is 24.3 Å². The number of carbonyl (C=O) groups is 2. The van der Waals surface area contributed by atoms with Crippen LogP contribution in [0.4, 0.5) is 11.4 Å². The van der Waals surface area contributed by atoms with Gasteiger partial charge in [0.05, 0.1) is 6.54 Å². The molecule has 0 fully saturated rings. The number of hydrogen-bond acceptors (Lipinski definition) is 3. The molecular formula is C21H23N3O2. The number of amides is 2. The Morgan fingerprint density at radius 3 is 2.23 bits per heavy atom. The van der Waals surface area contributed by atoms with Gasteiger partial charge >= 0.3 is 0 Å². The summed E-state index contributed by atoms with van der Waals surface area (Å²) in [6.45, 7) is 8.41. The number of carbonyl (C=O) groups excluding carboxylic acids is 2. The number of nitrogens with one attached hydrogen (secondary N) is 2. The SMILES string of the molecule is C=CCN(CC=C)C(=O)CNc1cccc(NC(=O)c2ccccc2)c1. The second-order valence-electron chi connectivity index (χ2n) is 5.63. The monoisotopic (exact) mass is 349 g/mol. The van der Waals surface area contributed by atoms with Crippen molar-refractivity contribution in [3.8, 4) is 0 Å². The summed E-state index contributed by atoms with van der Waals surface area (Å²) in [5.41, 5.74) is 2.00. The lowest BCUT2D eigenvalue weighted by Crippen LogP contribution is -2.35. The number of hydrogen-bond donors (Lipinski definition) is 2. The number of rotatable bonds is 9. The van der Waals surface area contributed by atoms with Crippen molar-refractivity contribution in [1.29, 1.82) is 0 Å². The molecule has 0 aliphatic carbocycles. The topological polar surface area (TPSA) is 61.4 Å². The first-order valence-electron chi connectivity index (χ1n) is 8.34. The van der Waals surface area contributed by atoms with E-state index in [0.717, 1.165) is 5.69 Å². The van der Waals surface area contributed by atoms with E-state index in [1.54, 1.807) is 41.3 Å². The Kier molecular flexibility index (Phi) is 7.18. The third-order valence-corrected chi connectivity index (χ3v) is 3.65. The van der Waals surface area contributed by atoms with Gasteiger partial charge in [0.2, 0.25) is 5.91 Å². The van der Waals surface area contributed by atoms with Crippen molar-refractivity contribution in [3.63, 3.8) is 0 Å². The standard InChI is InChI=1S/C21H23N3O2/c1-3-13-24(14-4-2)20(25)16-22-18-11-8-12-19(15-18)23-21(26)17-9-6-5-7-10-17/h3-12,15,22H,1-2,13-14,16H2,(H,23,26). The van der Waals surface area contributed by atoms with Crippen molar-refractivity contribution in [3.05, 3.63) is 85.5 Å². The first kappa shape index (κ1) is 19.0. The second kappa shape index (κ2) is 9.84. The van der Waals surface area contributed by atoms with Gasteiger partial charge in [-0.25, -0.2) is 0 Å². The summed E-state index contributed by atoms with van der Waals surface area (Å²) in [4.78, 5) is 26.1. The summed E-state index contributed by atoms with van der Waals surface area (Å²) in [7, 11) is 0. The van der Waals surface area contributed by atoms with E-state index in [-0.39, 0.29) is 18.4 Å². The lowest BCUT2D eigenvalue weighted by molar-refractivity contribution is -0.128. The van der Waals surface area contributed by atoms with Gasteiger partial charge in [-0.15, -0.1) is 13.2 Å². The van der Waals surface area contributed by atoms with Crippen LogP contribution in [0.15, 0.2) is 79.9 Å². The largest absolute Gasteiger partial charge is 0.376 e. The van der Waals surface area contributed by atoms with E-state index in [9.17, 15) is 9.59 Å². The molecule has 2 N–H and O–H groups in total. The van der Waals surface area contributed by atoms with Gasteiger partial charge in [0.15, 0.2) is 0 Å². The van der Waals surface area contributed by atoms with Crippen LogP contribution in [0, 0.1) is 0 Å². The predicted molar refractivity (Wildman–Crippen MR) is 106 cm³/mol. The normalized spacial score (nSPS) is 9.85. The summed E-state index contributed by atoms with van der Waals surface area (Å²) < 4.78 is 0. The van der Waals surface area contributed by atoms with Gasteiger partial charge < -0.3 is 15.5 Å². The minimum Gasteiger partial charge on any atom is -0.376 e. The van der Waals surface area contributed by atoms with Crippen LogP contribution < -0.4 is 10.6 Å². The lowest BCUT2D eigenvalue weighted by Gasteiger charge is -2.20. The number of nitrogens with zero attached hydrogens (tertiary/aromatic N) is 1. The molecule has 0 aromatic heterocycles. The highest BCUT2D eigenvalue weighted by Gasteiger charge is 2.10. The van der Waals surface area contributed by atoms with E-state index in [4.69, 9.17) is 0 Å². The first-order chi connectivity index (χ1) is 12.6. The highest BCUT2D eigenvalue weighted by Crippen LogP contribution is 2.16. The molecule has 2 rings (SSSR count). The van der Waals surface area contributed by atoms with Crippen LogP contribution in [-0.4, -0.2) is 36.3 Å². The van der Waals surface area contributed by atoms with Crippen LogP contribution in [0.3, 0.4) is 0 Å². The molecule has 0 saturated heterocycles. The zero-order chi connectivity index (χ0) is 18.8. The maximum absolute atomic E-state index is 12.2. The number of benzene rings is 2. The summed E-state index contributed by atoms with van der Waals surface area (Å²) in [5.74, 6) is -0.231. The molecule has 2 aromatic rings. The number of anilines is 2. The molecule has 0 spiro atoms. The molecule has 2 amide bonds. The highest BCUT2D eigenvalue weighted by atomic mass is 16.2. The van der Waals surface area contributed by atoms with Crippen molar-refractivity contribution in [2.45, 2.75) is 0 Å². The predicted octanol–water partition coefficient (Wildman–Crippen LogP) is 3.55. The molecule has 0 heterocycles. The zero-order valence-corrected chi connectivity index (χ0v) is 14.7. The van der Waals surface area contributed by atoms with Crippen LogP contribution >= 0.6 is 0 Å². The molecule has 0 aliphatic rings. The van der Waals surface area contributed by atoms with Gasteiger partial charge in [0, 0.05) is 30.0 Å². The summed E-state index contributed by atoms with van der Waals surface area (Å²) in [6.07, 6.45) is 3.36. The van der Waals surface area contributed by atoms with Gasteiger partial charge in [0.1, 0.15) is 0 Å². The third kappa shape index (κ3) is 5.63. The van der Waals surface area contributed by atoms with Crippen molar-refractivity contribution in [2.24, 2.45) is 0 Å². The second-order valence-corrected chi connectivity index (χ2v) is 5.63. The Morgan fingerprint density at radius 1 is 0.923 bits per heavy atom. The minimum atomic E-state index is -0.179. The van der Waals surface area contributed by atoms with Gasteiger partial charge in [-0.2, -0.15) is 0 Å². The average molecular weight is 349 g/mol. The molecule has 0 bridgehead atoms. The maximum Gasteiger partial charge on any atom is 0.255 e. The molecule has 0 unspecified atom stereocenters. The van der Waals surface area contributed by atoms with E-state index in [2.05, 4.69) is 23.8 Å². The van der Waals surface area contributed by atoms with Crippen molar-refractivity contribution in [2.75, 3.05) is 30.3 Å². The summed E-state index contributed by atoms with van der Waals surface area (Å²) in [5, 5.41) is 5.93. The van der Waals surface area contributed by atoms with Gasteiger partial charge in [0.25, 0.3) is 5.91 Å². The fourth-order valence-electron chi connectivity index (χ4n) is 2.38. The molecule has 0 saturated carbocycles. The zero-order valence-electron chi connectivity index (χ0n) is 14.7. The molecule has 2 aromatic carbocycles. The Labute approximate surface area is 154 Å². The average Bonchev–Trinajstić information content (AvgIpc) is 2.67. The van der Waals surface area contributed by atoms with Crippen LogP contribution in [-0.2, 0) is 4.79 Å². The van der Waals surface area contributed by atoms with E-state index >= 15 is 0 Å². The van der Waals surface area contributed by atoms with Crippen LogP contribution in [0.5, 0.6) is 0 Å². The van der Waals surface area contributed by atoms with Crippen LogP contribution in [0.1, 0.15) is 10.4 Å². The van der Waals surface area contributed by atoms with E-state index in [1.165, 1.54) is 0 Å². The van der Waals surface area contributed by atoms with Gasteiger partial charge in [-0.05, 0) is 30.3 Å². The molecule has 26 heavy (non-hydrogen) atoms. The summed E-state index contributed by atoms with van der Waals surface area (Å²) >= 11 is 0. The molecule has 5 nitrogen and oxygen atoms in total. The molecular weight excluding hydrogens is 326 g/mol. The Bertz CT molecular complexity index is 762. The highest BCUT2D eigenvalue weighted by molar-refractivity contribution is 6.04. The Balaban J connectivity index is 1.96. The third-order valence-electron chi connectivity index (χ3n) is 3.65. The first-order valence-corrected chi connectivity index (χ1v) is 8.34. The molecule has 0 aliphatic heterocycles. The molecule has 134 valence electrons. The fourth-order valence-corrected chi connectivity index (χ4v) is 2.38. The van der Waals surface area contributed by atoms with Crippen molar-refractivity contribution >= 4 is 23.2 Å². The molecule has 0 atom stereocenters. The minimum absolute atomic E-state index is 0.0523. The quantitative estimate of drug-likeness (QED) is 0.681. The lowest BCUT2D eigenvalue weighted by atomic mass is 10.2. The van der Waals surface area contributed by atoms with Crippen molar-refractivity contribution < 1.29 is 9.59 Å². The van der Waals surface area contributed by atoms with E-state index in [1.807, 2.05) is 30.3 Å². The van der Waals surface area contributed by atoms with E-state index < -0.39 is 0 Å². The van der Waals surface area contributed by atoms with Crippen LogP contribution in [0.2, 0.25) is 0 Å². The van der Waals surface area contributed by atoms with Crippen molar-refractivity contribution in [1.82, 2.24) is 4.90 Å². The smallest absolute Gasteiger partial charge is 0.255 e. The molecule has 5 heteroatoms. The van der Waals surface area contributed by atoms with Gasteiger partial charge in [-0.3, -0.25) is 9.59 Å². The van der Waals surface area contributed by atoms with Crippen LogP contribution in [0.25, 0.3) is 0 Å². The summed E-state index contributed by atoms with van der Waals surface area (Å²) in [6, 6.07) is 16.3.